The van der Waals surface area contributed by atoms with Gasteiger partial charge < -0.3 is 9.40 Å². The van der Waals surface area contributed by atoms with Crippen LogP contribution in [0, 0.1) is 17.7 Å². The first-order valence-corrected chi connectivity index (χ1v) is 6.89. The number of rotatable bonds is 1. The van der Waals surface area contributed by atoms with Crippen LogP contribution in [0.25, 0.3) is 16.8 Å². The van der Waals surface area contributed by atoms with Gasteiger partial charge in [0.15, 0.2) is 10.9 Å². The van der Waals surface area contributed by atoms with Gasteiger partial charge in [0.05, 0.1) is 11.2 Å². The molecule has 0 bridgehead atoms. The van der Waals surface area contributed by atoms with Crippen LogP contribution >= 0.6 is 0 Å². The molecule has 2 aromatic carbocycles. The second-order valence-electron chi connectivity index (χ2n) is 5.21. The van der Waals surface area contributed by atoms with Gasteiger partial charge in [0.25, 0.3) is 5.56 Å². The van der Waals surface area contributed by atoms with E-state index in [1.165, 1.54) is 0 Å². The highest BCUT2D eigenvalue weighted by molar-refractivity contribution is 5.71. The quantitative estimate of drug-likeness (QED) is 0.585. The fraction of sp³-hybridized carbons (Fsp3) is 0.0588. The Morgan fingerprint density at radius 2 is 1.82 bits per heavy atom. The van der Waals surface area contributed by atoms with Crippen molar-refractivity contribution in [2.75, 3.05) is 0 Å². The Bertz CT molecular complexity index is 1110. The number of para-hydroxylation sites is 2. The number of aryl methyl sites for hydroxylation is 1. The first-order chi connectivity index (χ1) is 10.6. The number of hydrogen-bond acceptors (Lipinski definition) is 3. The van der Waals surface area contributed by atoms with Crippen LogP contribution in [0.3, 0.4) is 0 Å². The molecule has 5 heteroatoms. The van der Waals surface area contributed by atoms with Gasteiger partial charge in [0, 0.05) is 0 Å². The number of aromatic nitrogens is 2. The van der Waals surface area contributed by atoms with E-state index in [1.807, 2.05) is 31.2 Å². The predicted octanol–water partition coefficient (Wildman–Crippen LogP) is 2.31. The molecular weight excluding hydrogens is 280 g/mol. The van der Waals surface area contributed by atoms with Crippen LogP contribution in [0.5, 0.6) is 0 Å². The van der Waals surface area contributed by atoms with Crippen molar-refractivity contribution >= 4 is 11.1 Å². The Morgan fingerprint density at radius 3 is 2.64 bits per heavy atom. The normalized spacial score (nSPS) is 11.3. The second-order valence-corrected chi connectivity index (χ2v) is 5.21. The molecule has 1 N–H and O–H groups in total. The molecule has 108 valence electrons. The highest BCUT2D eigenvalue weighted by Crippen LogP contribution is 2.11. The molecule has 0 saturated heterocycles. The molecule has 22 heavy (non-hydrogen) atoms. The van der Waals surface area contributed by atoms with Crippen LogP contribution in [-0.4, -0.2) is 9.55 Å². The van der Waals surface area contributed by atoms with Crippen molar-refractivity contribution < 1.29 is 4.42 Å². The molecule has 0 aliphatic carbocycles. The van der Waals surface area contributed by atoms with Crippen molar-refractivity contribution in [1.29, 1.82) is 0 Å². The average molecular weight is 292 g/mol. The van der Waals surface area contributed by atoms with E-state index in [0.717, 1.165) is 10.1 Å². The molecule has 0 saturated carbocycles. The summed E-state index contributed by atoms with van der Waals surface area (Å²) in [7, 11) is 0. The Hall–Kier alpha value is -3.08. The summed E-state index contributed by atoms with van der Waals surface area (Å²) < 4.78 is 6.76. The second kappa shape index (κ2) is 4.46. The molecule has 2 aromatic rings. The zero-order chi connectivity index (χ0) is 15.3. The average Bonchev–Trinajstić information content (AvgIpc) is 2.76. The molecule has 2 aliphatic rings. The standard InChI is InChI=1S/C17H12N2O3/c1-10-5-4-6-11(9-10)19-16(20)14-15(17(19)21)22-13-8-3-2-7-12(13)18-14/h2-9,18H,1H3. The van der Waals surface area contributed by atoms with Crippen LogP contribution in [-0.2, 0) is 0 Å². The molecule has 0 radical (unpaired) electrons. The van der Waals surface area contributed by atoms with E-state index in [-0.39, 0.29) is 10.8 Å². The van der Waals surface area contributed by atoms with E-state index in [1.54, 1.807) is 24.3 Å². The van der Waals surface area contributed by atoms with Crippen LogP contribution in [0.1, 0.15) is 5.56 Å². The van der Waals surface area contributed by atoms with Gasteiger partial charge >= 0.3 is 5.56 Å². The Labute approximate surface area is 124 Å². The minimum atomic E-state index is -0.451. The predicted molar refractivity (Wildman–Crippen MR) is 82.5 cm³/mol. The van der Waals surface area contributed by atoms with Crippen molar-refractivity contribution in [1.82, 2.24) is 9.55 Å². The zero-order valence-corrected chi connectivity index (χ0v) is 11.8. The lowest BCUT2D eigenvalue weighted by Gasteiger charge is -2.00. The third kappa shape index (κ3) is 1.72. The van der Waals surface area contributed by atoms with Gasteiger partial charge in [-0.15, -0.1) is 0 Å². The van der Waals surface area contributed by atoms with E-state index in [2.05, 4.69) is 4.98 Å². The van der Waals surface area contributed by atoms with E-state index in [9.17, 15) is 9.59 Å². The van der Waals surface area contributed by atoms with Crippen LogP contribution in [0.2, 0.25) is 0 Å². The molecule has 2 aliphatic heterocycles. The summed E-state index contributed by atoms with van der Waals surface area (Å²) in [6.07, 6.45) is 0. The molecule has 0 fully saturated rings. The van der Waals surface area contributed by atoms with Crippen molar-refractivity contribution in [2.45, 2.75) is 6.92 Å². The molecule has 4 rings (SSSR count). The summed E-state index contributed by atoms with van der Waals surface area (Å²) in [5, 5.41) is 0.185. The van der Waals surface area contributed by atoms with Crippen molar-refractivity contribution in [3.8, 4) is 5.69 Å². The molecule has 0 spiro atoms. The minimum Gasteiger partial charge on any atom is -0.447 e. The third-order valence-electron chi connectivity index (χ3n) is 3.66. The topological polar surface area (TPSA) is 68.0 Å². The first kappa shape index (κ1) is 12.6. The summed E-state index contributed by atoms with van der Waals surface area (Å²) >= 11 is 0. The highest BCUT2D eigenvalue weighted by atomic mass is 16.3. The van der Waals surface area contributed by atoms with Gasteiger partial charge in [-0.05, 0) is 36.8 Å². The van der Waals surface area contributed by atoms with Crippen molar-refractivity contribution in [2.24, 2.45) is 0 Å². The first-order valence-electron chi connectivity index (χ1n) is 6.89. The Kier molecular flexibility index (Phi) is 2.56. The van der Waals surface area contributed by atoms with Crippen LogP contribution < -0.4 is 11.1 Å². The molecule has 0 unspecified atom stereocenters. The summed E-state index contributed by atoms with van der Waals surface area (Å²) in [4.78, 5) is 28.1. The number of nitrogens with zero attached hydrogens (tertiary/aromatic N) is 1. The van der Waals surface area contributed by atoms with Crippen LogP contribution in [0.4, 0.5) is 0 Å². The van der Waals surface area contributed by atoms with Crippen LogP contribution in [0.15, 0.2) is 62.5 Å². The van der Waals surface area contributed by atoms with E-state index >= 15 is 0 Å². The monoisotopic (exact) mass is 292 g/mol. The van der Waals surface area contributed by atoms with Gasteiger partial charge in [-0.1, -0.05) is 24.3 Å². The minimum absolute atomic E-state index is 0.0465. The van der Waals surface area contributed by atoms with Gasteiger partial charge in [-0.2, -0.15) is 0 Å². The molecule has 0 amide bonds. The van der Waals surface area contributed by atoms with Gasteiger partial charge in [-0.25, -0.2) is 4.57 Å². The Morgan fingerprint density at radius 1 is 1.00 bits per heavy atom. The maximum absolute atomic E-state index is 12.6. The third-order valence-corrected chi connectivity index (χ3v) is 3.66. The zero-order valence-electron chi connectivity index (χ0n) is 11.8. The molecular formula is C17H12N2O3. The number of H-pyrrole nitrogens is 1. The molecule has 0 aromatic heterocycles. The summed E-state index contributed by atoms with van der Waals surface area (Å²) in [6.45, 7) is 1.91. The number of benzene rings is 2. The maximum atomic E-state index is 12.6. The summed E-state index contributed by atoms with van der Waals surface area (Å²) in [6, 6.07) is 14.4. The number of aromatic amines is 1. The van der Waals surface area contributed by atoms with E-state index < -0.39 is 11.1 Å². The van der Waals surface area contributed by atoms with Crippen molar-refractivity contribution in [3.05, 3.63) is 85.6 Å². The lowest BCUT2D eigenvalue weighted by molar-refractivity contribution is 0.556. The highest BCUT2D eigenvalue weighted by Gasteiger charge is 2.14. The SMILES string of the molecule is Cc1cccc(-n2c(=O)c3[nH]c4ccccc4oc=3c2=O)c1. The number of fused-ring (bicyclic) bond motifs is 1. The molecule has 2 heterocycles. The maximum Gasteiger partial charge on any atom is 0.303 e. The smallest absolute Gasteiger partial charge is 0.303 e. The molecule has 0 atom stereocenters. The number of hydrogen-bond donors (Lipinski definition) is 1. The van der Waals surface area contributed by atoms with Gasteiger partial charge in [0.1, 0.15) is 0 Å². The fourth-order valence-electron chi connectivity index (χ4n) is 2.62. The number of nitrogens with one attached hydrogen (secondary N) is 1. The van der Waals surface area contributed by atoms with Crippen molar-refractivity contribution in [3.63, 3.8) is 0 Å². The van der Waals surface area contributed by atoms with Gasteiger partial charge in [-0.3, -0.25) is 9.59 Å². The Balaban J connectivity index is 2.17. The largest absolute Gasteiger partial charge is 0.447 e. The van der Waals surface area contributed by atoms with E-state index in [0.29, 0.717) is 16.8 Å². The lowest BCUT2D eigenvalue weighted by atomic mass is 10.2. The fourth-order valence-corrected chi connectivity index (χ4v) is 2.62. The lowest BCUT2D eigenvalue weighted by Crippen LogP contribution is -2.24. The molecule has 5 nitrogen and oxygen atoms in total. The summed E-state index contributed by atoms with van der Waals surface area (Å²) in [5.41, 5.74) is 1.92. The summed E-state index contributed by atoms with van der Waals surface area (Å²) in [5.74, 6) is 0. The van der Waals surface area contributed by atoms with E-state index in [4.69, 9.17) is 4.42 Å². The van der Waals surface area contributed by atoms with Gasteiger partial charge in [0.2, 0.25) is 5.42 Å².